The molecule has 0 bridgehead atoms. The highest BCUT2D eigenvalue weighted by Crippen LogP contribution is 2.29. The fourth-order valence-corrected chi connectivity index (χ4v) is 1.64. The summed E-state index contributed by atoms with van der Waals surface area (Å²) in [6.07, 6.45) is -1.28. The molecule has 0 atom stereocenters. The molecule has 0 saturated carbocycles. The third kappa shape index (κ3) is 6.62. The molecule has 0 heterocycles. The minimum absolute atomic E-state index is 0.0304. The Labute approximate surface area is 141 Å². The first-order chi connectivity index (χ1) is 11.6. The third-order valence-corrected chi connectivity index (χ3v) is 2.72. The van der Waals surface area contributed by atoms with Crippen LogP contribution in [0.2, 0.25) is 0 Å². The van der Waals surface area contributed by atoms with Crippen molar-refractivity contribution in [1.82, 2.24) is 0 Å². The number of ketones is 1. The topological polar surface area (TPSA) is 69.7 Å². The van der Waals surface area contributed by atoms with E-state index in [0.717, 1.165) is 49.4 Å². The van der Waals surface area contributed by atoms with Crippen molar-refractivity contribution in [1.29, 1.82) is 0 Å². The molecule has 0 aliphatic carbocycles. The molecule has 0 N–H and O–H groups in total. The third-order valence-electron chi connectivity index (χ3n) is 2.72. The van der Waals surface area contributed by atoms with E-state index in [-0.39, 0.29) is 12.2 Å². The molecule has 0 fully saturated rings. The highest BCUT2D eigenvalue weighted by atomic mass is 19.4. The second-order valence-corrected chi connectivity index (χ2v) is 4.64. The molecule has 0 saturated heterocycles. The summed E-state index contributed by atoms with van der Waals surface area (Å²) in [6.45, 7) is 2.71. The predicted octanol–water partition coefficient (Wildman–Crippen LogP) is 3.45. The lowest BCUT2D eigenvalue weighted by atomic mass is 10.1. The van der Waals surface area contributed by atoms with Gasteiger partial charge in [0.15, 0.2) is 5.78 Å². The number of esters is 2. The van der Waals surface area contributed by atoms with Crippen molar-refractivity contribution in [3.05, 3.63) is 59.4 Å². The second kappa shape index (κ2) is 8.81. The Kier molecular flexibility index (Phi) is 7.10. The molecule has 0 spiro atoms. The van der Waals surface area contributed by atoms with Crippen LogP contribution in [0.1, 0.15) is 29.8 Å². The summed E-state index contributed by atoms with van der Waals surface area (Å²) < 4.78 is 46.7. The van der Waals surface area contributed by atoms with Gasteiger partial charge in [-0.05, 0) is 31.2 Å². The maximum absolute atomic E-state index is 12.5. The van der Waals surface area contributed by atoms with Gasteiger partial charge in [-0.15, -0.1) is 0 Å². The highest BCUT2D eigenvalue weighted by Gasteiger charge is 2.30. The van der Waals surface area contributed by atoms with Crippen LogP contribution in [0, 0.1) is 0 Å². The maximum Gasteiger partial charge on any atom is 0.416 e. The molecule has 0 unspecified atom stereocenters. The maximum atomic E-state index is 12.5. The first-order valence-corrected chi connectivity index (χ1v) is 7.10. The monoisotopic (exact) mass is 356 g/mol. The van der Waals surface area contributed by atoms with Crippen molar-refractivity contribution in [2.24, 2.45) is 0 Å². The van der Waals surface area contributed by atoms with Crippen LogP contribution in [-0.2, 0) is 25.2 Å². The van der Waals surface area contributed by atoms with Gasteiger partial charge in [-0.25, -0.2) is 4.79 Å². The summed E-state index contributed by atoms with van der Waals surface area (Å²) in [6, 6.07) is 3.66. The van der Waals surface area contributed by atoms with Gasteiger partial charge in [-0.1, -0.05) is 18.2 Å². The number of halogens is 3. The smallest absolute Gasteiger partial charge is 0.416 e. The van der Waals surface area contributed by atoms with Crippen LogP contribution < -0.4 is 0 Å². The molecule has 134 valence electrons. The fourth-order valence-electron chi connectivity index (χ4n) is 1.64. The zero-order valence-electron chi connectivity index (χ0n) is 13.4. The number of carbonyl (C=O) groups excluding carboxylic acids is 3. The molecular weight excluding hydrogens is 341 g/mol. The molecule has 8 heteroatoms. The van der Waals surface area contributed by atoms with Gasteiger partial charge in [0, 0.05) is 12.5 Å². The Morgan fingerprint density at radius 2 is 1.72 bits per heavy atom. The molecule has 1 aromatic rings. The molecular formula is C17H15F3O5. The van der Waals surface area contributed by atoms with Crippen molar-refractivity contribution < 1.29 is 37.0 Å². The molecule has 0 aliphatic rings. The van der Waals surface area contributed by atoms with E-state index < -0.39 is 35.2 Å². The summed E-state index contributed by atoms with van der Waals surface area (Å²) in [5, 5.41) is 0. The predicted molar refractivity (Wildman–Crippen MR) is 81.4 cm³/mol. The first kappa shape index (κ1) is 20.1. The quantitative estimate of drug-likeness (QED) is 0.257. The number of rotatable bonds is 6. The number of hydrogen-bond acceptors (Lipinski definition) is 5. The van der Waals surface area contributed by atoms with E-state index in [1.54, 1.807) is 6.92 Å². The second-order valence-electron chi connectivity index (χ2n) is 4.64. The molecule has 0 aliphatic heterocycles. The largest absolute Gasteiger partial charge is 0.460 e. The zero-order chi connectivity index (χ0) is 19.0. The van der Waals surface area contributed by atoms with Crippen molar-refractivity contribution in [2.75, 3.05) is 6.61 Å². The molecule has 0 aromatic heterocycles. The van der Waals surface area contributed by atoms with Gasteiger partial charge in [-0.2, -0.15) is 13.2 Å². The fraction of sp³-hybridized carbons (Fsp3) is 0.235. The van der Waals surface area contributed by atoms with Crippen molar-refractivity contribution >= 4 is 17.7 Å². The van der Waals surface area contributed by atoms with E-state index in [0.29, 0.717) is 0 Å². The summed E-state index contributed by atoms with van der Waals surface area (Å²) in [4.78, 5) is 34.4. The minimum Gasteiger partial charge on any atom is -0.460 e. The van der Waals surface area contributed by atoms with Crippen molar-refractivity contribution in [3.8, 4) is 0 Å². The average molecular weight is 356 g/mol. The lowest BCUT2D eigenvalue weighted by Crippen LogP contribution is -2.12. The van der Waals surface area contributed by atoms with Gasteiger partial charge in [0.2, 0.25) is 5.76 Å². The number of allylic oxidation sites excluding steroid dienone is 3. The Balaban J connectivity index is 2.88. The van der Waals surface area contributed by atoms with Crippen LogP contribution in [0.25, 0.3) is 0 Å². The number of hydrogen-bond donors (Lipinski definition) is 0. The zero-order valence-corrected chi connectivity index (χ0v) is 13.4. The van der Waals surface area contributed by atoms with Crippen LogP contribution in [0.3, 0.4) is 0 Å². The van der Waals surface area contributed by atoms with Crippen LogP contribution >= 0.6 is 0 Å². The van der Waals surface area contributed by atoms with Crippen molar-refractivity contribution in [2.45, 2.75) is 20.0 Å². The Hall–Kier alpha value is -2.90. The van der Waals surface area contributed by atoms with E-state index >= 15 is 0 Å². The summed E-state index contributed by atoms with van der Waals surface area (Å²) in [7, 11) is 0. The Morgan fingerprint density at radius 1 is 1.12 bits per heavy atom. The molecule has 0 radical (unpaired) electrons. The van der Waals surface area contributed by atoms with E-state index in [1.807, 2.05) is 0 Å². The van der Waals surface area contributed by atoms with Crippen LogP contribution in [0.15, 0.2) is 48.3 Å². The van der Waals surface area contributed by atoms with E-state index in [4.69, 9.17) is 0 Å². The van der Waals surface area contributed by atoms with Crippen LogP contribution in [0.5, 0.6) is 0 Å². The number of alkyl halides is 3. The van der Waals surface area contributed by atoms with E-state index in [2.05, 4.69) is 9.47 Å². The Bertz CT molecular complexity index is 700. The molecule has 1 aromatic carbocycles. The number of benzene rings is 1. The normalized spacial score (nSPS) is 12.1. The summed E-state index contributed by atoms with van der Waals surface area (Å²) >= 11 is 0. The van der Waals surface area contributed by atoms with Gasteiger partial charge in [-0.3, -0.25) is 9.59 Å². The van der Waals surface area contributed by atoms with E-state index in [1.165, 1.54) is 0 Å². The first-order valence-electron chi connectivity index (χ1n) is 7.10. The van der Waals surface area contributed by atoms with Gasteiger partial charge < -0.3 is 9.47 Å². The molecule has 5 nitrogen and oxygen atoms in total. The lowest BCUT2D eigenvalue weighted by Gasteiger charge is -2.06. The minimum atomic E-state index is -4.49. The molecule has 1 rings (SSSR count). The highest BCUT2D eigenvalue weighted by molar-refractivity contribution is 6.04. The van der Waals surface area contributed by atoms with Crippen LogP contribution in [0.4, 0.5) is 13.2 Å². The van der Waals surface area contributed by atoms with Crippen molar-refractivity contribution in [3.63, 3.8) is 0 Å². The Morgan fingerprint density at radius 3 is 2.20 bits per heavy atom. The SMILES string of the molecule is CCOC(=O)/C(=C/C=C/C(=O)c1ccc(C(F)(F)F)cc1)OC(C)=O. The van der Waals surface area contributed by atoms with Gasteiger partial charge in [0.05, 0.1) is 12.2 Å². The van der Waals surface area contributed by atoms with Crippen LogP contribution in [-0.4, -0.2) is 24.3 Å². The van der Waals surface area contributed by atoms with Gasteiger partial charge in [0.1, 0.15) is 0 Å². The standard InChI is InChI=1S/C17H15F3O5/c1-3-24-16(23)15(25-11(2)21)6-4-5-14(22)12-7-9-13(10-8-12)17(18,19)20/h4-10H,3H2,1-2H3/b5-4+,15-6-. The van der Waals surface area contributed by atoms with Gasteiger partial charge >= 0.3 is 18.1 Å². The summed E-state index contributed by atoms with van der Waals surface area (Å²) in [5.41, 5.74) is -0.838. The number of ether oxygens (including phenoxy) is 2. The number of carbonyl (C=O) groups is 3. The lowest BCUT2D eigenvalue weighted by molar-refractivity contribution is -0.150. The molecule has 25 heavy (non-hydrogen) atoms. The average Bonchev–Trinajstić information content (AvgIpc) is 2.53. The molecule has 0 amide bonds. The van der Waals surface area contributed by atoms with Gasteiger partial charge in [0.25, 0.3) is 0 Å². The van der Waals surface area contributed by atoms with E-state index in [9.17, 15) is 27.6 Å². The summed E-state index contributed by atoms with van der Waals surface area (Å²) in [5.74, 6) is -2.63.